The van der Waals surface area contributed by atoms with Crippen molar-refractivity contribution in [2.45, 2.75) is 39.3 Å². The van der Waals surface area contributed by atoms with Crippen molar-refractivity contribution in [1.82, 2.24) is 9.78 Å². The molecule has 0 amide bonds. The van der Waals surface area contributed by atoms with Crippen LogP contribution in [0.15, 0.2) is 24.3 Å². The second kappa shape index (κ2) is 5.29. The van der Waals surface area contributed by atoms with Crippen LogP contribution in [-0.2, 0) is 13.2 Å². The molecule has 0 spiro atoms. The lowest BCUT2D eigenvalue weighted by atomic mass is 9.93. The molecule has 1 aliphatic heterocycles. The lowest BCUT2D eigenvalue weighted by Gasteiger charge is -2.26. The third kappa shape index (κ3) is 2.20. The van der Waals surface area contributed by atoms with Crippen molar-refractivity contribution < 1.29 is 9.84 Å². The van der Waals surface area contributed by atoms with E-state index in [0.29, 0.717) is 5.92 Å². The Morgan fingerprint density at radius 2 is 2.15 bits per heavy atom. The van der Waals surface area contributed by atoms with Gasteiger partial charge < -0.3 is 9.84 Å². The minimum atomic E-state index is 0.0576. The molecule has 0 bridgehead atoms. The molecule has 4 heteroatoms. The Labute approximate surface area is 119 Å². The van der Waals surface area contributed by atoms with Gasteiger partial charge in [-0.25, -0.2) is 0 Å². The third-order valence-electron chi connectivity index (χ3n) is 4.17. The van der Waals surface area contributed by atoms with Crippen LogP contribution in [0.4, 0.5) is 0 Å². The predicted octanol–water partition coefficient (Wildman–Crippen LogP) is 2.56. The topological polar surface area (TPSA) is 47.3 Å². The van der Waals surface area contributed by atoms with E-state index in [0.717, 1.165) is 42.3 Å². The summed E-state index contributed by atoms with van der Waals surface area (Å²) in [5.41, 5.74) is 4.20. The van der Waals surface area contributed by atoms with E-state index < -0.39 is 0 Å². The number of aromatic nitrogens is 2. The van der Waals surface area contributed by atoms with Gasteiger partial charge in [0.15, 0.2) is 0 Å². The summed E-state index contributed by atoms with van der Waals surface area (Å²) in [6.45, 7) is 5.63. The van der Waals surface area contributed by atoms with Crippen molar-refractivity contribution in [3.63, 3.8) is 0 Å². The third-order valence-corrected chi connectivity index (χ3v) is 4.17. The van der Waals surface area contributed by atoms with E-state index in [1.165, 1.54) is 5.56 Å². The van der Waals surface area contributed by atoms with Gasteiger partial charge >= 0.3 is 0 Å². The molecule has 0 radical (unpaired) electrons. The minimum absolute atomic E-state index is 0.0576. The number of benzene rings is 1. The fourth-order valence-electron chi connectivity index (χ4n) is 2.95. The van der Waals surface area contributed by atoms with Crippen LogP contribution < -0.4 is 4.74 Å². The first-order valence-corrected chi connectivity index (χ1v) is 7.06. The van der Waals surface area contributed by atoms with Gasteiger partial charge in [-0.1, -0.05) is 18.2 Å². The molecule has 1 N–H and O–H groups in total. The van der Waals surface area contributed by atoms with E-state index in [1.807, 2.05) is 30.7 Å². The quantitative estimate of drug-likeness (QED) is 0.934. The van der Waals surface area contributed by atoms with Crippen LogP contribution >= 0.6 is 0 Å². The number of ether oxygens (including phenoxy) is 1. The zero-order valence-corrected chi connectivity index (χ0v) is 12.0. The Morgan fingerprint density at radius 1 is 1.35 bits per heavy atom. The lowest BCUT2D eigenvalue weighted by molar-refractivity contribution is 0.255. The summed E-state index contributed by atoms with van der Waals surface area (Å²) in [4.78, 5) is 0. The number of fused-ring (bicyclic) bond motifs is 1. The van der Waals surface area contributed by atoms with Crippen molar-refractivity contribution >= 4 is 0 Å². The summed E-state index contributed by atoms with van der Waals surface area (Å²) in [5.74, 6) is 1.41. The highest BCUT2D eigenvalue weighted by atomic mass is 16.5. The Morgan fingerprint density at radius 3 is 2.90 bits per heavy atom. The van der Waals surface area contributed by atoms with E-state index in [4.69, 9.17) is 4.74 Å². The van der Waals surface area contributed by atoms with E-state index in [2.05, 4.69) is 17.2 Å². The summed E-state index contributed by atoms with van der Waals surface area (Å²) < 4.78 is 7.72. The van der Waals surface area contributed by atoms with E-state index in [9.17, 15) is 5.11 Å². The highest BCUT2D eigenvalue weighted by molar-refractivity contribution is 5.37. The maximum Gasteiger partial charge on any atom is 0.122 e. The predicted molar refractivity (Wildman–Crippen MR) is 76.9 cm³/mol. The SMILES string of the molecule is Cc1nn(CC2CCOc3ccccc32)c(C)c1CO. The molecular weight excluding hydrogens is 252 g/mol. The molecule has 1 atom stereocenters. The average molecular weight is 272 g/mol. The molecule has 1 aromatic carbocycles. The highest BCUT2D eigenvalue weighted by Crippen LogP contribution is 2.34. The van der Waals surface area contributed by atoms with Crippen molar-refractivity contribution in [1.29, 1.82) is 0 Å². The highest BCUT2D eigenvalue weighted by Gasteiger charge is 2.23. The Balaban J connectivity index is 1.89. The van der Waals surface area contributed by atoms with E-state index >= 15 is 0 Å². The fraction of sp³-hybridized carbons (Fsp3) is 0.438. The van der Waals surface area contributed by atoms with E-state index in [-0.39, 0.29) is 6.61 Å². The lowest BCUT2D eigenvalue weighted by Crippen LogP contribution is -2.19. The van der Waals surface area contributed by atoms with Gasteiger partial charge in [-0.15, -0.1) is 0 Å². The average Bonchev–Trinajstić information content (AvgIpc) is 2.73. The Kier molecular flexibility index (Phi) is 3.49. The molecule has 4 nitrogen and oxygen atoms in total. The van der Waals surface area contributed by atoms with E-state index in [1.54, 1.807) is 0 Å². The Bertz CT molecular complexity index is 619. The molecule has 2 heterocycles. The maximum absolute atomic E-state index is 9.40. The maximum atomic E-state index is 9.40. The molecule has 0 saturated heterocycles. The van der Waals surface area contributed by atoms with Gasteiger partial charge in [0.05, 0.1) is 18.9 Å². The minimum Gasteiger partial charge on any atom is -0.493 e. The van der Waals surface area contributed by atoms with Crippen LogP contribution in [0.25, 0.3) is 0 Å². The number of hydrogen-bond acceptors (Lipinski definition) is 3. The molecule has 1 unspecified atom stereocenters. The summed E-state index contributed by atoms with van der Waals surface area (Å²) >= 11 is 0. The smallest absolute Gasteiger partial charge is 0.122 e. The van der Waals surface area contributed by atoms with Crippen molar-refractivity contribution in [2.75, 3.05) is 6.61 Å². The molecule has 2 aromatic rings. The number of aryl methyl sites for hydroxylation is 1. The number of para-hydroxylation sites is 1. The fourth-order valence-corrected chi connectivity index (χ4v) is 2.95. The van der Waals surface area contributed by atoms with Gasteiger partial charge in [0, 0.05) is 23.7 Å². The number of aliphatic hydroxyl groups excluding tert-OH is 1. The zero-order valence-electron chi connectivity index (χ0n) is 12.0. The van der Waals surface area contributed by atoms with Gasteiger partial charge in [0.25, 0.3) is 0 Å². The molecule has 3 rings (SSSR count). The van der Waals surface area contributed by atoms with Crippen molar-refractivity contribution in [3.05, 3.63) is 46.8 Å². The monoisotopic (exact) mass is 272 g/mol. The van der Waals surface area contributed by atoms with Gasteiger partial charge in [-0.2, -0.15) is 5.10 Å². The number of hydrogen-bond donors (Lipinski definition) is 1. The molecule has 0 saturated carbocycles. The molecule has 0 aliphatic carbocycles. The van der Waals surface area contributed by atoms with Crippen LogP contribution in [-0.4, -0.2) is 21.5 Å². The first-order valence-electron chi connectivity index (χ1n) is 7.06. The molecule has 0 fully saturated rings. The molecule has 1 aromatic heterocycles. The first-order chi connectivity index (χ1) is 9.70. The standard InChI is InChI=1S/C16H20N2O2/c1-11-15(10-19)12(2)18(17-11)9-13-7-8-20-16-6-4-3-5-14(13)16/h3-6,13,19H,7-10H2,1-2H3. The van der Waals surface area contributed by atoms with Crippen LogP contribution in [0.3, 0.4) is 0 Å². The second-order valence-corrected chi connectivity index (χ2v) is 5.36. The number of rotatable bonds is 3. The van der Waals surface area contributed by atoms with Gasteiger partial charge in [-0.05, 0) is 31.9 Å². The molecule has 1 aliphatic rings. The first kappa shape index (κ1) is 13.2. The molecular formula is C16H20N2O2. The van der Waals surface area contributed by atoms with Crippen molar-refractivity contribution in [3.8, 4) is 5.75 Å². The Hall–Kier alpha value is -1.81. The summed E-state index contributed by atoms with van der Waals surface area (Å²) in [6, 6.07) is 8.23. The summed E-state index contributed by atoms with van der Waals surface area (Å²) in [5, 5.41) is 14.0. The normalized spacial score (nSPS) is 17.6. The number of aliphatic hydroxyl groups is 1. The van der Waals surface area contributed by atoms with Gasteiger partial charge in [0.2, 0.25) is 0 Å². The second-order valence-electron chi connectivity index (χ2n) is 5.36. The van der Waals surface area contributed by atoms with Crippen LogP contribution in [0.2, 0.25) is 0 Å². The van der Waals surface area contributed by atoms with Gasteiger partial charge in [-0.3, -0.25) is 4.68 Å². The zero-order chi connectivity index (χ0) is 14.1. The van der Waals surface area contributed by atoms with Crippen LogP contribution in [0, 0.1) is 13.8 Å². The summed E-state index contributed by atoms with van der Waals surface area (Å²) in [7, 11) is 0. The van der Waals surface area contributed by atoms with Crippen molar-refractivity contribution in [2.24, 2.45) is 0 Å². The number of nitrogens with zero attached hydrogens (tertiary/aromatic N) is 2. The largest absolute Gasteiger partial charge is 0.493 e. The molecule has 106 valence electrons. The van der Waals surface area contributed by atoms with Crippen LogP contribution in [0.1, 0.15) is 34.9 Å². The van der Waals surface area contributed by atoms with Crippen LogP contribution in [0.5, 0.6) is 5.75 Å². The molecule has 20 heavy (non-hydrogen) atoms. The summed E-state index contributed by atoms with van der Waals surface area (Å²) in [6.07, 6.45) is 1.00. The van der Waals surface area contributed by atoms with Gasteiger partial charge in [0.1, 0.15) is 5.75 Å².